The van der Waals surface area contributed by atoms with E-state index in [1.54, 1.807) is 25.6 Å². The largest absolute Gasteiger partial charge is 0.493 e. The van der Waals surface area contributed by atoms with E-state index in [0.29, 0.717) is 17.3 Å². The Kier molecular flexibility index (Phi) is 6.61. The summed E-state index contributed by atoms with van der Waals surface area (Å²) < 4.78 is 16.6. The zero-order chi connectivity index (χ0) is 21.8. The summed E-state index contributed by atoms with van der Waals surface area (Å²) in [5, 5.41) is 1.98. The van der Waals surface area contributed by atoms with Crippen molar-refractivity contribution >= 4 is 17.2 Å². The number of carbonyl (C=O) groups is 1. The molecule has 1 aromatic carbocycles. The van der Waals surface area contributed by atoms with Crippen molar-refractivity contribution in [3.63, 3.8) is 0 Å². The van der Waals surface area contributed by atoms with Crippen LogP contribution in [0, 0.1) is 6.92 Å². The van der Waals surface area contributed by atoms with Gasteiger partial charge in [0.2, 0.25) is 5.89 Å². The van der Waals surface area contributed by atoms with Crippen molar-refractivity contribution < 1.29 is 18.7 Å². The number of thiophene rings is 1. The fourth-order valence-electron chi connectivity index (χ4n) is 4.17. The molecule has 1 saturated heterocycles. The number of amides is 1. The van der Waals surface area contributed by atoms with Gasteiger partial charge in [0, 0.05) is 12.6 Å². The van der Waals surface area contributed by atoms with Crippen LogP contribution >= 0.6 is 11.3 Å². The lowest BCUT2D eigenvalue weighted by Crippen LogP contribution is -2.44. The Morgan fingerprint density at radius 3 is 2.81 bits per heavy atom. The van der Waals surface area contributed by atoms with E-state index in [1.165, 1.54) is 5.56 Å². The van der Waals surface area contributed by atoms with E-state index in [1.807, 2.05) is 41.5 Å². The molecule has 0 bridgehead atoms. The molecule has 7 heteroatoms. The van der Waals surface area contributed by atoms with Gasteiger partial charge in [-0.1, -0.05) is 12.1 Å². The topological polar surface area (TPSA) is 64.8 Å². The zero-order valence-corrected chi connectivity index (χ0v) is 19.0. The molecule has 1 atom stereocenters. The van der Waals surface area contributed by atoms with Gasteiger partial charge < -0.3 is 18.8 Å². The number of aryl methyl sites for hydroxylation is 2. The van der Waals surface area contributed by atoms with Crippen molar-refractivity contribution in [2.24, 2.45) is 0 Å². The van der Waals surface area contributed by atoms with Crippen molar-refractivity contribution in [1.29, 1.82) is 0 Å². The number of methoxy groups -OCH3 is 2. The minimum Gasteiger partial charge on any atom is -0.493 e. The summed E-state index contributed by atoms with van der Waals surface area (Å²) in [6.07, 6.45) is 4.93. The fourth-order valence-corrected chi connectivity index (χ4v) is 4.82. The third kappa shape index (κ3) is 4.61. The Morgan fingerprint density at radius 2 is 2.06 bits per heavy atom. The fraction of sp³-hybridized carbons (Fsp3) is 0.417. The highest BCUT2D eigenvalue weighted by molar-refractivity contribution is 7.13. The maximum atomic E-state index is 13.4. The highest BCUT2D eigenvalue weighted by Gasteiger charge is 2.30. The molecule has 1 aliphatic rings. The first kappa shape index (κ1) is 21.4. The average Bonchev–Trinajstić information content (AvgIpc) is 3.47. The van der Waals surface area contributed by atoms with Gasteiger partial charge in [-0.2, -0.15) is 0 Å². The van der Waals surface area contributed by atoms with Crippen LogP contribution in [0.5, 0.6) is 11.5 Å². The second kappa shape index (κ2) is 9.56. The van der Waals surface area contributed by atoms with Crippen molar-refractivity contribution in [1.82, 2.24) is 9.88 Å². The number of oxazole rings is 1. The molecule has 3 heterocycles. The summed E-state index contributed by atoms with van der Waals surface area (Å²) in [6.45, 7) is 2.58. The summed E-state index contributed by atoms with van der Waals surface area (Å²) in [6, 6.07) is 10.1. The molecule has 4 rings (SSSR count). The number of hydrogen-bond acceptors (Lipinski definition) is 6. The number of ether oxygens (including phenoxy) is 2. The normalized spacial score (nSPS) is 16.4. The molecule has 0 aliphatic carbocycles. The highest BCUT2D eigenvalue weighted by Crippen LogP contribution is 2.31. The van der Waals surface area contributed by atoms with Crippen molar-refractivity contribution in [2.75, 3.05) is 20.8 Å². The summed E-state index contributed by atoms with van der Waals surface area (Å²) in [7, 11) is 3.28. The monoisotopic (exact) mass is 440 g/mol. The van der Waals surface area contributed by atoms with Crippen LogP contribution in [0.15, 0.2) is 40.1 Å². The third-order valence-electron chi connectivity index (χ3n) is 5.83. The van der Waals surface area contributed by atoms with Gasteiger partial charge in [0.05, 0.1) is 19.1 Å². The smallest absolute Gasteiger partial charge is 0.276 e. The molecule has 0 N–H and O–H groups in total. The zero-order valence-electron chi connectivity index (χ0n) is 18.2. The molecular weight excluding hydrogens is 412 g/mol. The van der Waals surface area contributed by atoms with Crippen LogP contribution in [0.4, 0.5) is 0 Å². The number of nitrogens with zero attached hydrogens (tertiary/aromatic N) is 2. The lowest BCUT2D eigenvalue weighted by atomic mass is 9.95. The van der Waals surface area contributed by atoms with Crippen molar-refractivity contribution in [3.8, 4) is 22.3 Å². The SMILES string of the molecule is COc1ccc(CCC2CCCCN2C(=O)c2nc(-c3cccs3)oc2C)cc1OC. The molecule has 31 heavy (non-hydrogen) atoms. The molecule has 0 radical (unpaired) electrons. The van der Waals surface area contributed by atoms with E-state index >= 15 is 0 Å². The molecule has 2 aromatic heterocycles. The summed E-state index contributed by atoms with van der Waals surface area (Å²) >= 11 is 1.56. The highest BCUT2D eigenvalue weighted by atomic mass is 32.1. The molecule has 1 fully saturated rings. The van der Waals surface area contributed by atoms with E-state index < -0.39 is 0 Å². The van der Waals surface area contributed by atoms with E-state index in [2.05, 4.69) is 11.1 Å². The second-order valence-electron chi connectivity index (χ2n) is 7.78. The van der Waals surface area contributed by atoms with Crippen LogP contribution in [-0.2, 0) is 6.42 Å². The number of piperidine rings is 1. The Balaban J connectivity index is 1.48. The van der Waals surface area contributed by atoms with Crippen LogP contribution in [0.1, 0.15) is 47.5 Å². The first-order chi connectivity index (χ1) is 15.1. The summed E-state index contributed by atoms with van der Waals surface area (Å²) in [5.41, 5.74) is 1.61. The summed E-state index contributed by atoms with van der Waals surface area (Å²) in [4.78, 5) is 20.9. The number of aromatic nitrogens is 1. The predicted octanol–water partition coefficient (Wildman–Crippen LogP) is 5.36. The Labute approximate surface area is 186 Å². The lowest BCUT2D eigenvalue weighted by molar-refractivity contribution is 0.0594. The Hall–Kier alpha value is -2.80. The van der Waals surface area contributed by atoms with Crippen molar-refractivity contribution in [2.45, 2.75) is 45.1 Å². The first-order valence-corrected chi connectivity index (χ1v) is 11.5. The first-order valence-electron chi connectivity index (χ1n) is 10.6. The van der Waals surface area contributed by atoms with Gasteiger partial charge in [-0.3, -0.25) is 4.79 Å². The number of rotatable bonds is 7. The van der Waals surface area contributed by atoms with Gasteiger partial charge in [-0.25, -0.2) is 4.98 Å². The van der Waals surface area contributed by atoms with Crippen molar-refractivity contribution in [3.05, 3.63) is 52.7 Å². The van der Waals surface area contributed by atoms with Gasteiger partial charge in [0.1, 0.15) is 5.76 Å². The lowest BCUT2D eigenvalue weighted by Gasteiger charge is -2.35. The molecule has 3 aromatic rings. The van der Waals surface area contributed by atoms with Crippen LogP contribution in [0.25, 0.3) is 10.8 Å². The molecular formula is C24H28N2O4S. The maximum absolute atomic E-state index is 13.4. The van der Waals surface area contributed by atoms with E-state index in [0.717, 1.165) is 55.0 Å². The Morgan fingerprint density at radius 1 is 1.23 bits per heavy atom. The molecule has 1 unspecified atom stereocenters. The number of benzene rings is 1. The number of likely N-dealkylation sites (tertiary alicyclic amines) is 1. The second-order valence-corrected chi connectivity index (χ2v) is 8.72. The van der Waals surface area contributed by atoms with E-state index in [9.17, 15) is 4.79 Å². The van der Waals surface area contributed by atoms with Crippen LogP contribution < -0.4 is 9.47 Å². The van der Waals surface area contributed by atoms with Gasteiger partial charge in [0.25, 0.3) is 5.91 Å². The number of carbonyl (C=O) groups excluding carboxylic acids is 1. The van der Waals surface area contributed by atoms with Crippen LogP contribution in [-0.4, -0.2) is 42.6 Å². The third-order valence-corrected chi connectivity index (χ3v) is 6.69. The van der Waals surface area contributed by atoms with Gasteiger partial charge >= 0.3 is 0 Å². The van der Waals surface area contributed by atoms with E-state index in [4.69, 9.17) is 13.9 Å². The maximum Gasteiger partial charge on any atom is 0.276 e. The quantitative estimate of drug-likeness (QED) is 0.495. The molecule has 0 spiro atoms. The average molecular weight is 441 g/mol. The number of hydrogen-bond donors (Lipinski definition) is 0. The molecule has 0 saturated carbocycles. The summed E-state index contributed by atoms with van der Waals surface area (Å²) in [5.74, 6) is 2.54. The molecule has 6 nitrogen and oxygen atoms in total. The molecule has 1 aliphatic heterocycles. The van der Waals surface area contributed by atoms with Gasteiger partial charge in [-0.15, -0.1) is 11.3 Å². The minimum atomic E-state index is -0.0268. The Bertz CT molecular complexity index is 1030. The molecule has 164 valence electrons. The van der Waals surface area contributed by atoms with Gasteiger partial charge in [0.15, 0.2) is 17.2 Å². The standard InChI is InChI=1S/C24H28N2O4S/c1-16-22(25-23(30-16)21-8-6-14-31-21)24(27)26-13-5-4-7-18(26)11-9-17-10-12-19(28-2)20(15-17)29-3/h6,8,10,12,14-15,18H,4-5,7,9,11,13H2,1-3H3. The van der Waals surface area contributed by atoms with Gasteiger partial charge in [-0.05, 0) is 68.2 Å². The van der Waals surface area contributed by atoms with Crippen LogP contribution in [0.3, 0.4) is 0 Å². The molecule has 1 amide bonds. The predicted molar refractivity (Wildman–Crippen MR) is 121 cm³/mol. The van der Waals surface area contributed by atoms with E-state index in [-0.39, 0.29) is 11.9 Å². The minimum absolute atomic E-state index is 0.0268. The van der Waals surface area contributed by atoms with Crippen LogP contribution in [0.2, 0.25) is 0 Å².